The number of aliphatic hydroxyl groups excluding tert-OH is 1. The normalized spacial score (nSPS) is 14.3. The van der Waals surface area contributed by atoms with Gasteiger partial charge in [0.25, 0.3) is 6.10 Å². The van der Waals surface area contributed by atoms with Gasteiger partial charge in [-0.2, -0.15) is 0 Å². The molecular weight excluding hydrogens is 359 g/mol. The predicted molar refractivity (Wildman–Crippen MR) is 92.4 cm³/mol. The number of rotatable bonds is 8. The van der Waals surface area contributed by atoms with Crippen LogP contribution >= 0.6 is 0 Å². The number of aliphatic hydroxyl groups is 1. The summed E-state index contributed by atoms with van der Waals surface area (Å²) in [5.74, 6) is -3.59. The van der Waals surface area contributed by atoms with E-state index in [0.717, 1.165) is 7.69 Å². The van der Waals surface area contributed by atoms with Crippen LogP contribution in [0.15, 0.2) is 29.9 Å². The molecule has 0 bridgehead atoms. The summed E-state index contributed by atoms with van der Waals surface area (Å²) in [4.78, 5) is 24.3. The van der Waals surface area contributed by atoms with E-state index in [-0.39, 0.29) is 29.3 Å². The Morgan fingerprint density at radius 2 is 1.59 bits per heavy atom. The molecule has 1 aromatic carbocycles. The van der Waals surface area contributed by atoms with Gasteiger partial charge in [-0.25, -0.2) is 9.59 Å². The lowest BCUT2D eigenvalue weighted by molar-refractivity contribution is -0.146. The highest BCUT2D eigenvalue weighted by Crippen LogP contribution is 2.32. The smallest absolute Gasteiger partial charge is 0.521 e. The molecule has 0 spiro atoms. The van der Waals surface area contributed by atoms with Crippen LogP contribution in [0.3, 0.4) is 0 Å². The molecule has 1 aromatic rings. The third-order valence-electron chi connectivity index (χ3n) is 3.15. The Labute approximate surface area is 156 Å². The minimum atomic E-state index is -1.92. The maximum atomic E-state index is 12.8. The summed E-state index contributed by atoms with van der Waals surface area (Å²) in [6.07, 6.45) is -2.43. The molecule has 0 aliphatic carbocycles. The lowest BCUT2D eigenvalue weighted by Crippen LogP contribution is -2.30. The molecule has 2 N–H and O–H groups in total. The van der Waals surface area contributed by atoms with Crippen LogP contribution in [0, 0.1) is 0 Å². The van der Waals surface area contributed by atoms with Gasteiger partial charge in [0.1, 0.15) is 17.1 Å². The average molecular weight is 379 g/mol. The topological polar surface area (TPSA) is 121 Å². The molecule has 0 fully saturated rings. The van der Waals surface area contributed by atoms with E-state index < -0.39 is 29.7 Å². The number of esters is 1. The van der Waals surface area contributed by atoms with Gasteiger partial charge in [0.2, 0.25) is 5.76 Å². The summed E-state index contributed by atoms with van der Waals surface area (Å²) in [5.41, 5.74) is -0.0749. The molecule has 2 rings (SSSR count). The van der Waals surface area contributed by atoms with E-state index in [1.54, 1.807) is 45.9 Å². The van der Waals surface area contributed by atoms with E-state index in [1.165, 1.54) is 0 Å². The van der Waals surface area contributed by atoms with Gasteiger partial charge in [-0.15, -0.1) is 0 Å². The van der Waals surface area contributed by atoms with E-state index in [0.29, 0.717) is 0 Å². The second-order valence-electron chi connectivity index (χ2n) is 6.09. The van der Waals surface area contributed by atoms with E-state index in [1.807, 2.05) is 0 Å². The molecule has 1 unspecified atom stereocenters. The summed E-state index contributed by atoms with van der Waals surface area (Å²) in [6.45, 7) is 7.09. The maximum absolute atomic E-state index is 12.8. The standard InChI is InChI=1S/C17H20BO9/c1-8(2)23-10-6-5-7-11(24-9(3)4)12(10)16(21)25-13(15(19)20)14-17(22)27-18-26-14/h5-9,13,22H,1-4H3,(H,19,20). The van der Waals surface area contributed by atoms with E-state index in [9.17, 15) is 19.8 Å². The molecule has 145 valence electrons. The fourth-order valence-electron chi connectivity index (χ4n) is 2.20. The fourth-order valence-corrected chi connectivity index (χ4v) is 2.20. The van der Waals surface area contributed by atoms with Crippen molar-refractivity contribution in [1.82, 2.24) is 0 Å². The molecule has 0 saturated heterocycles. The van der Waals surface area contributed by atoms with Gasteiger partial charge < -0.3 is 33.7 Å². The summed E-state index contributed by atoms with van der Waals surface area (Å²) >= 11 is 0. The molecule has 10 heteroatoms. The fraction of sp³-hybridized carbons (Fsp3) is 0.412. The van der Waals surface area contributed by atoms with Crippen molar-refractivity contribution in [2.45, 2.75) is 46.0 Å². The Bertz CT molecular complexity index is 714. The second kappa shape index (κ2) is 8.57. The first kappa shape index (κ1) is 20.3. The van der Waals surface area contributed by atoms with Crippen molar-refractivity contribution >= 4 is 19.6 Å². The minimum absolute atomic E-state index is 0.0749. The van der Waals surface area contributed by atoms with Crippen LogP contribution in [0.5, 0.6) is 11.5 Å². The molecule has 0 aromatic heterocycles. The Morgan fingerprint density at radius 3 is 2.00 bits per heavy atom. The Kier molecular flexibility index (Phi) is 6.43. The van der Waals surface area contributed by atoms with Gasteiger partial charge >= 0.3 is 25.6 Å². The molecule has 0 saturated carbocycles. The van der Waals surface area contributed by atoms with Crippen LogP contribution in [-0.4, -0.2) is 48.1 Å². The number of carboxylic acids is 1. The van der Waals surface area contributed by atoms with Crippen molar-refractivity contribution in [2.24, 2.45) is 0 Å². The first-order valence-electron chi connectivity index (χ1n) is 8.19. The molecule has 27 heavy (non-hydrogen) atoms. The lowest BCUT2D eigenvalue weighted by Gasteiger charge is -2.20. The number of hydrogen-bond donors (Lipinski definition) is 2. The third-order valence-corrected chi connectivity index (χ3v) is 3.15. The Hall–Kier alpha value is -3.04. The molecule has 1 aliphatic rings. The zero-order valence-corrected chi connectivity index (χ0v) is 15.3. The number of ether oxygens (including phenoxy) is 3. The first-order chi connectivity index (χ1) is 12.7. The number of hydrogen-bond acceptors (Lipinski definition) is 8. The van der Waals surface area contributed by atoms with Crippen molar-refractivity contribution in [3.8, 4) is 11.5 Å². The zero-order chi connectivity index (χ0) is 20.1. The highest BCUT2D eigenvalue weighted by Gasteiger charge is 2.38. The largest absolute Gasteiger partial charge is 0.660 e. The average Bonchev–Trinajstić information content (AvgIpc) is 2.97. The summed E-state index contributed by atoms with van der Waals surface area (Å²) in [6, 6.07) is 4.72. The zero-order valence-electron chi connectivity index (χ0n) is 15.3. The van der Waals surface area contributed by atoms with Crippen molar-refractivity contribution in [3.05, 3.63) is 35.5 Å². The Morgan fingerprint density at radius 1 is 1.04 bits per heavy atom. The van der Waals surface area contributed by atoms with Crippen LogP contribution in [-0.2, 0) is 18.8 Å². The van der Waals surface area contributed by atoms with Crippen molar-refractivity contribution in [1.29, 1.82) is 0 Å². The monoisotopic (exact) mass is 379 g/mol. The van der Waals surface area contributed by atoms with Crippen LogP contribution in [0.1, 0.15) is 38.1 Å². The summed E-state index contributed by atoms with van der Waals surface area (Å²) < 4.78 is 25.6. The number of carbonyl (C=O) groups excluding carboxylic acids is 1. The maximum Gasteiger partial charge on any atom is 0.660 e. The summed E-state index contributed by atoms with van der Waals surface area (Å²) in [7, 11) is 0.720. The van der Waals surface area contributed by atoms with Gasteiger partial charge in [0.15, 0.2) is 0 Å². The SMILES string of the molecule is CC(C)Oc1cccc(OC(C)C)c1C(=O)OC(C(=O)O)C1=C(O)O[B]O1. The highest BCUT2D eigenvalue weighted by molar-refractivity contribution is 6.20. The van der Waals surface area contributed by atoms with E-state index >= 15 is 0 Å². The molecular formula is C17H20BO9. The van der Waals surface area contributed by atoms with Gasteiger partial charge in [0, 0.05) is 0 Å². The number of carboxylic acid groups (broad SMARTS) is 1. The van der Waals surface area contributed by atoms with Crippen LogP contribution in [0.4, 0.5) is 0 Å². The number of benzene rings is 1. The van der Waals surface area contributed by atoms with Crippen LogP contribution in [0.25, 0.3) is 0 Å². The molecule has 1 heterocycles. The Balaban J connectivity index is 2.40. The molecule has 1 radical (unpaired) electrons. The van der Waals surface area contributed by atoms with Gasteiger partial charge in [-0.05, 0) is 39.8 Å². The quantitative estimate of drug-likeness (QED) is 0.517. The first-order valence-corrected chi connectivity index (χ1v) is 8.19. The van der Waals surface area contributed by atoms with E-state index in [2.05, 4.69) is 4.65 Å². The van der Waals surface area contributed by atoms with Gasteiger partial charge in [-0.3, -0.25) is 0 Å². The van der Waals surface area contributed by atoms with Crippen LogP contribution < -0.4 is 9.47 Å². The lowest BCUT2D eigenvalue weighted by atomic mass is 10.1. The van der Waals surface area contributed by atoms with Crippen LogP contribution in [0.2, 0.25) is 0 Å². The van der Waals surface area contributed by atoms with Gasteiger partial charge in [0.05, 0.1) is 12.2 Å². The molecule has 9 nitrogen and oxygen atoms in total. The number of carbonyl (C=O) groups is 2. The van der Waals surface area contributed by atoms with E-state index in [4.69, 9.17) is 18.9 Å². The van der Waals surface area contributed by atoms with Crippen molar-refractivity contribution in [3.63, 3.8) is 0 Å². The van der Waals surface area contributed by atoms with Crippen molar-refractivity contribution < 1.29 is 43.3 Å². The summed E-state index contributed by atoms with van der Waals surface area (Å²) in [5, 5.41) is 18.9. The molecule has 1 atom stereocenters. The predicted octanol–water partition coefficient (Wildman–Crippen LogP) is 2.18. The van der Waals surface area contributed by atoms with Crippen molar-refractivity contribution in [2.75, 3.05) is 0 Å². The van der Waals surface area contributed by atoms with Gasteiger partial charge in [-0.1, -0.05) is 6.07 Å². The molecule has 0 amide bonds. The number of aliphatic carboxylic acids is 1. The highest BCUT2D eigenvalue weighted by atomic mass is 16.7. The molecule has 1 aliphatic heterocycles. The minimum Gasteiger partial charge on any atom is -0.521 e. The second-order valence-corrected chi connectivity index (χ2v) is 6.09. The third kappa shape index (κ3) is 4.99.